The van der Waals surface area contributed by atoms with Crippen molar-refractivity contribution < 1.29 is 18.7 Å². The molecule has 0 bridgehead atoms. The zero-order valence-corrected chi connectivity index (χ0v) is 22.0. The van der Waals surface area contributed by atoms with Crippen molar-refractivity contribution in [3.05, 3.63) is 95.6 Å². The number of morpholine rings is 1. The van der Waals surface area contributed by atoms with Crippen LogP contribution < -0.4 is 16.4 Å². The molecule has 4 rings (SSSR count). The van der Waals surface area contributed by atoms with Gasteiger partial charge in [-0.3, -0.25) is 9.69 Å². The van der Waals surface area contributed by atoms with Gasteiger partial charge in [0.1, 0.15) is 6.17 Å². The standard InChI is InChI=1S/C30H36FN5O3/c31-26(24-7-2-1-3-8-24)21-33-30(38)36(16-6-15-35-17-19-39-20-18-35)22-23-11-13-25(14-12-23)29(37)34-28-10-5-4-9-27(28)32/h1-5,7-14,26H,6,15-22,32H2,(H,33,38)(H,34,37). The monoisotopic (exact) mass is 533 g/mol. The fourth-order valence-corrected chi connectivity index (χ4v) is 4.42. The lowest BCUT2D eigenvalue weighted by Gasteiger charge is -2.28. The summed E-state index contributed by atoms with van der Waals surface area (Å²) in [7, 11) is 0. The van der Waals surface area contributed by atoms with Crippen LogP contribution in [-0.2, 0) is 11.3 Å². The predicted molar refractivity (Wildman–Crippen MR) is 151 cm³/mol. The Morgan fingerprint density at radius 3 is 2.38 bits per heavy atom. The van der Waals surface area contributed by atoms with Crippen molar-refractivity contribution in [1.29, 1.82) is 0 Å². The molecule has 1 heterocycles. The van der Waals surface area contributed by atoms with Crippen LogP contribution >= 0.6 is 0 Å². The molecule has 1 saturated heterocycles. The number of carbonyl (C=O) groups excluding carboxylic acids is 2. The molecule has 1 aliphatic rings. The van der Waals surface area contributed by atoms with Crippen molar-refractivity contribution in [2.24, 2.45) is 0 Å². The van der Waals surface area contributed by atoms with Crippen LogP contribution in [0.15, 0.2) is 78.9 Å². The Labute approximate surface area is 228 Å². The summed E-state index contributed by atoms with van der Waals surface area (Å²) >= 11 is 0. The summed E-state index contributed by atoms with van der Waals surface area (Å²) in [6.45, 7) is 4.80. The highest BCUT2D eigenvalue weighted by molar-refractivity contribution is 6.05. The number of benzene rings is 3. The van der Waals surface area contributed by atoms with E-state index in [4.69, 9.17) is 10.5 Å². The van der Waals surface area contributed by atoms with Crippen LogP contribution in [0, 0.1) is 0 Å². The zero-order chi connectivity index (χ0) is 27.5. The van der Waals surface area contributed by atoms with Crippen molar-refractivity contribution >= 4 is 23.3 Å². The molecule has 1 aliphatic heterocycles. The lowest BCUT2D eigenvalue weighted by molar-refractivity contribution is 0.0364. The highest BCUT2D eigenvalue weighted by Gasteiger charge is 2.18. The molecule has 4 N–H and O–H groups in total. The molecule has 0 aromatic heterocycles. The Morgan fingerprint density at radius 2 is 1.67 bits per heavy atom. The van der Waals surface area contributed by atoms with Crippen LogP contribution in [0.3, 0.4) is 0 Å². The van der Waals surface area contributed by atoms with E-state index in [0.717, 1.165) is 44.8 Å². The summed E-state index contributed by atoms with van der Waals surface area (Å²) in [6.07, 6.45) is -0.508. The van der Waals surface area contributed by atoms with Crippen molar-refractivity contribution in [1.82, 2.24) is 15.1 Å². The number of nitrogen functional groups attached to an aromatic ring is 1. The summed E-state index contributed by atoms with van der Waals surface area (Å²) < 4.78 is 20.1. The molecule has 3 aromatic rings. The van der Waals surface area contributed by atoms with Gasteiger partial charge in [0.15, 0.2) is 0 Å². The molecule has 9 heteroatoms. The first kappa shape index (κ1) is 28.1. The first-order chi connectivity index (χ1) is 19.0. The fraction of sp³-hybridized carbons (Fsp3) is 0.333. The maximum Gasteiger partial charge on any atom is 0.317 e. The summed E-state index contributed by atoms with van der Waals surface area (Å²) in [5, 5.41) is 5.57. The second kappa shape index (κ2) is 14.3. The van der Waals surface area contributed by atoms with Crippen LogP contribution in [0.4, 0.5) is 20.6 Å². The third-order valence-electron chi connectivity index (χ3n) is 6.69. The molecular weight excluding hydrogens is 497 g/mol. The Hall–Kier alpha value is -3.95. The Morgan fingerprint density at radius 1 is 0.974 bits per heavy atom. The number of hydrogen-bond donors (Lipinski definition) is 3. The van der Waals surface area contributed by atoms with E-state index in [-0.39, 0.29) is 18.5 Å². The largest absolute Gasteiger partial charge is 0.397 e. The number of halogens is 1. The minimum atomic E-state index is -1.29. The molecule has 0 aliphatic carbocycles. The number of nitrogens with zero attached hydrogens (tertiary/aromatic N) is 2. The van der Waals surface area contributed by atoms with Crippen molar-refractivity contribution in [3.63, 3.8) is 0 Å². The molecule has 8 nitrogen and oxygen atoms in total. The van der Waals surface area contributed by atoms with Gasteiger partial charge in [0, 0.05) is 38.3 Å². The summed E-state index contributed by atoms with van der Waals surface area (Å²) in [5.41, 5.74) is 8.85. The zero-order valence-electron chi connectivity index (χ0n) is 22.0. The van der Waals surface area contributed by atoms with Crippen LogP contribution in [0.1, 0.15) is 34.1 Å². The summed E-state index contributed by atoms with van der Waals surface area (Å²) in [5.74, 6) is -0.269. The third-order valence-corrected chi connectivity index (χ3v) is 6.69. The van der Waals surface area contributed by atoms with Crippen LogP contribution in [0.25, 0.3) is 0 Å². The number of para-hydroxylation sites is 2. The van der Waals surface area contributed by atoms with Gasteiger partial charge in [0.2, 0.25) is 0 Å². The quantitative estimate of drug-likeness (QED) is 0.316. The molecule has 0 radical (unpaired) electrons. The van der Waals surface area contributed by atoms with Crippen molar-refractivity contribution in [3.8, 4) is 0 Å². The summed E-state index contributed by atoms with van der Waals surface area (Å²) in [4.78, 5) is 29.8. The summed E-state index contributed by atoms with van der Waals surface area (Å²) in [6, 6.07) is 22.7. The first-order valence-corrected chi connectivity index (χ1v) is 13.3. The van der Waals surface area contributed by atoms with E-state index in [1.807, 2.05) is 18.2 Å². The van der Waals surface area contributed by atoms with E-state index in [2.05, 4.69) is 15.5 Å². The highest BCUT2D eigenvalue weighted by atomic mass is 19.1. The molecule has 0 saturated carbocycles. The molecule has 3 aromatic carbocycles. The normalized spacial score (nSPS) is 14.4. The van der Waals surface area contributed by atoms with E-state index in [9.17, 15) is 14.0 Å². The number of anilines is 2. The van der Waals surface area contributed by atoms with Gasteiger partial charge < -0.3 is 26.0 Å². The van der Waals surface area contributed by atoms with E-state index in [0.29, 0.717) is 35.6 Å². The minimum Gasteiger partial charge on any atom is -0.397 e. The molecule has 1 unspecified atom stereocenters. The Kier molecular flexibility index (Phi) is 10.3. The van der Waals surface area contributed by atoms with E-state index < -0.39 is 6.17 Å². The lowest BCUT2D eigenvalue weighted by atomic mass is 10.1. The number of hydrogen-bond acceptors (Lipinski definition) is 5. The smallest absolute Gasteiger partial charge is 0.317 e. The molecule has 0 spiro atoms. The number of nitrogens with two attached hydrogens (primary N) is 1. The van der Waals surface area contributed by atoms with Gasteiger partial charge in [-0.2, -0.15) is 0 Å². The van der Waals surface area contributed by atoms with Gasteiger partial charge >= 0.3 is 6.03 Å². The number of amides is 3. The number of rotatable bonds is 11. The van der Waals surface area contributed by atoms with Gasteiger partial charge in [-0.05, 0) is 41.8 Å². The molecule has 39 heavy (non-hydrogen) atoms. The fourth-order valence-electron chi connectivity index (χ4n) is 4.42. The number of ether oxygens (including phenoxy) is 1. The predicted octanol–water partition coefficient (Wildman–Crippen LogP) is 4.47. The second-order valence-electron chi connectivity index (χ2n) is 9.53. The molecule has 3 amide bonds. The topological polar surface area (TPSA) is 99.9 Å². The average molecular weight is 534 g/mol. The Balaban J connectivity index is 1.36. The van der Waals surface area contributed by atoms with Gasteiger partial charge in [-0.25, -0.2) is 9.18 Å². The number of nitrogens with one attached hydrogen (secondary N) is 2. The SMILES string of the molecule is Nc1ccccc1NC(=O)c1ccc(CN(CCCN2CCOCC2)C(=O)NCC(F)c2ccccc2)cc1. The van der Waals surface area contributed by atoms with E-state index in [1.54, 1.807) is 65.6 Å². The maximum atomic E-state index is 14.7. The highest BCUT2D eigenvalue weighted by Crippen LogP contribution is 2.19. The second-order valence-corrected chi connectivity index (χ2v) is 9.53. The van der Waals surface area contributed by atoms with Gasteiger partial charge in [-0.15, -0.1) is 0 Å². The van der Waals surface area contributed by atoms with Crippen LogP contribution in [0.5, 0.6) is 0 Å². The Bertz CT molecular complexity index is 1200. The van der Waals surface area contributed by atoms with Crippen molar-refractivity contribution in [2.75, 3.05) is 57.0 Å². The molecule has 1 atom stereocenters. The maximum absolute atomic E-state index is 14.7. The molecule has 206 valence electrons. The van der Waals surface area contributed by atoms with Crippen LogP contribution in [0.2, 0.25) is 0 Å². The van der Waals surface area contributed by atoms with Gasteiger partial charge in [-0.1, -0.05) is 54.6 Å². The molecular formula is C30H36FN5O3. The van der Waals surface area contributed by atoms with E-state index in [1.165, 1.54) is 0 Å². The van der Waals surface area contributed by atoms with Crippen LogP contribution in [-0.4, -0.2) is 67.7 Å². The minimum absolute atomic E-state index is 0.107. The number of alkyl halides is 1. The molecule has 1 fully saturated rings. The van der Waals surface area contributed by atoms with Gasteiger partial charge in [0.25, 0.3) is 5.91 Å². The average Bonchev–Trinajstić information content (AvgIpc) is 2.97. The number of carbonyl (C=O) groups is 2. The number of urea groups is 1. The van der Waals surface area contributed by atoms with Crippen molar-refractivity contribution in [2.45, 2.75) is 19.1 Å². The first-order valence-electron chi connectivity index (χ1n) is 13.3. The lowest BCUT2D eigenvalue weighted by Crippen LogP contribution is -2.43. The van der Waals surface area contributed by atoms with E-state index >= 15 is 0 Å². The third kappa shape index (κ3) is 8.53. The van der Waals surface area contributed by atoms with Gasteiger partial charge in [0.05, 0.1) is 31.1 Å².